The molecule has 0 unspecified atom stereocenters. The van der Waals surface area contributed by atoms with E-state index in [1.807, 2.05) is 0 Å². The standard InChI is InChI=1S/C23H24N2O7S/c26-21(24-17-8-11-33(29,30)14-17)13-18(22(27)15-4-2-1-3-5-15)23(28)25-16-6-7-19-20(12-16)32-10-9-31-19/h1-7,12,17-18H,8-11,13-14H2,(H,24,26)(H,25,28)/t17-,18+/m1/s1. The largest absolute Gasteiger partial charge is 0.486 e. The van der Waals surface area contributed by atoms with E-state index in [0.29, 0.717) is 42.4 Å². The van der Waals surface area contributed by atoms with E-state index in [-0.39, 0.29) is 11.5 Å². The number of nitrogens with one attached hydrogen (secondary N) is 2. The number of sulfone groups is 1. The molecule has 4 rings (SSSR count). The number of hydrogen-bond acceptors (Lipinski definition) is 7. The van der Waals surface area contributed by atoms with Gasteiger partial charge < -0.3 is 20.1 Å². The lowest BCUT2D eigenvalue weighted by Crippen LogP contribution is -2.40. The van der Waals surface area contributed by atoms with Gasteiger partial charge in [-0.3, -0.25) is 14.4 Å². The summed E-state index contributed by atoms with van der Waals surface area (Å²) in [6, 6.07) is 12.6. The van der Waals surface area contributed by atoms with Gasteiger partial charge in [0.2, 0.25) is 11.8 Å². The Morgan fingerprint density at radius 3 is 2.42 bits per heavy atom. The van der Waals surface area contributed by atoms with E-state index in [0.717, 1.165) is 0 Å². The number of hydrogen-bond donors (Lipinski definition) is 2. The van der Waals surface area contributed by atoms with Gasteiger partial charge in [0.1, 0.15) is 19.1 Å². The van der Waals surface area contributed by atoms with Gasteiger partial charge in [-0.05, 0) is 18.6 Å². The number of benzene rings is 2. The first-order chi connectivity index (χ1) is 15.8. The van der Waals surface area contributed by atoms with E-state index in [2.05, 4.69) is 10.6 Å². The predicted molar refractivity (Wildman–Crippen MR) is 120 cm³/mol. The molecule has 174 valence electrons. The normalized spacial score (nSPS) is 19.3. The van der Waals surface area contributed by atoms with Gasteiger partial charge in [-0.1, -0.05) is 30.3 Å². The minimum absolute atomic E-state index is 0.00885. The predicted octanol–water partition coefficient (Wildman–Crippen LogP) is 1.59. The quantitative estimate of drug-likeness (QED) is 0.463. The highest BCUT2D eigenvalue weighted by Gasteiger charge is 2.33. The van der Waals surface area contributed by atoms with Crippen LogP contribution in [0, 0.1) is 5.92 Å². The zero-order valence-electron chi connectivity index (χ0n) is 17.8. The summed E-state index contributed by atoms with van der Waals surface area (Å²) in [5.41, 5.74) is 0.702. The fourth-order valence-electron chi connectivity index (χ4n) is 3.84. The van der Waals surface area contributed by atoms with Crippen LogP contribution in [-0.4, -0.2) is 56.8 Å². The summed E-state index contributed by atoms with van der Waals surface area (Å²) >= 11 is 0. The number of anilines is 1. The van der Waals surface area contributed by atoms with Crippen molar-refractivity contribution in [1.82, 2.24) is 5.32 Å². The van der Waals surface area contributed by atoms with E-state index < -0.39 is 45.8 Å². The molecule has 2 heterocycles. The number of carbonyl (C=O) groups excluding carboxylic acids is 3. The topological polar surface area (TPSA) is 128 Å². The van der Waals surface area contributed by atoms with E-state index >= 15 is 0 Å². The first-order valence-corrected chi connectivity index (χ1v) is 12.4. The first-order valence-electron chi connectivity index (χ1n) is 10.6. The van der Waals surface area contributed by atoms with Gasteiger partial charge in [0.05, 0.1) is 11.5 Å². The van der Waals surface area contributed by atoms with Crippen molar-refractivity contribution in [2.45, 2.75) is 18.9 Å². The monoisotopic (exact) mass is 472 g/mol. The molecule has 0 aliphatic carbocycles. The molecular weight excluding hydrogens is 448 g/mol. The van der Waals surface area contributed by atoms with Gasteiger partial charge in [0, 0.05) is 29.8 Å². The molecule has 2 aliphatic rings. The number of rotatable bonds is 7. The number of Topliss-reactive ketones (excluding diaryl/α,β-unsaturated/α-hetero) is 1. The molecule has 2 aromatic rings. The zero-order valence-corrected chi connectivity index (χ0v) is 18.6. The first kappa shape index (κ1) is 22.8. The Balaban J connectivity index is 1.50. The van der Waals surface area contributed by atoms with Crippen LogP contribution in [0.25, 0.3) is 0 Å². The molecule has 0 bridgehead atoms. The Hall–Kier alpha value is -3.40. The fourth-order valence-corrected chi connectivity index (χ4v) is 5.51. The maximum atomic E-state index is 13.1. The Bertz CT molecular complexity index is 1160. The highest BCUT2D eigenvalue weighted by atomic mass is 32.2. The molecule has 2 atom stereocenters. The molecule has 10 heteroatoms. The molecule has 1 saturated heterocycles. The van der Waals surface area contributed by atoms with Crippen LogP contribution in [0.3, 0.4) is 0 Å². The molecule has 1 fully saturated rings. The number of carbonyl (C=O) groups is 3. The Labute approximate surface area is 191 Å². The van der Waals surface area contributed by atoms with E-state index in [9.17, 15) is 22.8 Å². The number of amides is 2. The molecule has 0 saturated carbocycles. The third-order valence-electron chi connectivity index (χ3n) is 5.49. The summed E-state index contributed by atoms with van der Waals surface area (Å²) < 4.78 is 34.3. The zero-order chi connectivity index (χ0) is 23.4. The minimum atomic E-state index is -3.18. The molecule has 33 heavy (non-hydrogen) atoms. The van der Waals surface area contributed by atoms with Crippen LogP contribution in [0.5, 0.6) is 11.5 Å². The highest BCUT2D eigenvalue weighted by Crippen LogP contribution is 2.33. The number of ether oxygens (including phenoxy) is 2. The lowest BCUT2D eigenvalue weighted by atomic mass is 9.93. The Kier molecular flexibility index (Phi) is 6.64. The maximum Gasteiger partial charge on any atom is 0.235 e. The van der Waals surface area contributed by atoms with Crippen molar-refractivity contribution in [2.24, 2.45) is 5.92 Å². The average Bonchev–Trinajstić information content (AvgIpc) is 3.15. The minimum Gasteiger partial charge on any atom is -0.486 e. The van der Waals surface area contributed by atoms with Gasteiger partial charge in [-0.25, -0.2) is 8.42 Å². The third-order valence-corrected chi connectivity index (χ3v) is 7.26. The second-order valence-electron chi connectivity index (χ2n) is 8.00. The van der Waals surface area contributed by atoms with E-state index in [4.69, 9.17) is 9.47 Å². The number of ketones is 1. The molecule has 2 aromatic carbocycles. The maximum absolute atomic E-state index is 13.1. The van der Waals surface area contributed by atoms with Crippen LogP contribution in [0.4, 0.5) is 5.69 Å². The smallest absolute Gasteiger partial charge is 0.235 e. The molecule has 0 aromatic heterocycles. The summed E-state index contributed by atoms with van der Waals surface area (Å²) in [6.45, 7) is 0.820. The highest BCUT2D eigenvalue weighted by molar-refractivity contribution is 7.91. The van der Waals surface area contributed by atoms with Gasteiger partial charge in [0.25, 0.3) is 0 Å². The van der Waals surface area contributed by atoms with Crippen molar-refractivity contribution in [1.29, 1.82) is 0 Å². The summed E-state index contributed by atoms with van der Waals surface area (Å²) in [7, 11) is -3.18. The molecule has 2 aliphatic heterocycles. The molecule has 9 nitrogen and oxygen atoms in total. The lowest BCUT2D eigenvalue weighted by Gasteiger charge is -2.20. The number of fused-ring (bicyclic) bond motifs is 1. The lowest BCUT2D eigenvalue weighted by molar-refractivity contribution is -0.126. The van der Waals surface area contributed by atoms with Crippen LogP contribution in [0.1, 0.15) is 23.2 Å². The second kappa shape index (κ2) is 9.62. The van der Waals surface area contributed by atoms with E-state index in [1.54, 1.807) is 48.5 Å². The van der Waals surface area contributed by atoms with Crippen molar-refractivity contribution in [3.63, 3.8) is 0 Å². The van der Waals surface area contributed by atoms with Crippen LogP contribution >= 0.6 is 0 Å². The SMILES string of the molecule is O=C(C[C@H](C(=O)Nc1ccc2c(c1)OCCO2)C(=O)c1ccccc1)N[C@@H]1CCS(=O)(=O)C1. The summed E-state index contributed by atoms with van der Waals surface area (Å²) in [6.07, 6.45) is -0.0879. The second-order valence-corrected chi connectivity index (χ2v) is 10.2. The van der Waals surface area contributed by atoms with Gasteiger partial charge in [0.15, 0.2) is 27.1 Å². The van der Waals surface area contributed by atoms with Gasteiger partial charge >= 0.3 is 0 Å². The molecule has 2 N–H and O–H groups in total. The molecule has 0 radical (unpaired) electrons. The van der Waals surface area contributed by atoms with Gasteiger partial charge in [-0.15, -0.1) is 0 Å². The van der Waals surface area contributed by atoms with Crippen molar-refractivity contribution in [3.05, 3.63) is 54.1 Å². The molecule has 0 spiro atoms. The average molecular weight is 473 g/mol. The van der Waals surface area contributed by atoms with Crippen LogP contribution < -0.4 is 20.1 Å². The van der Waals surface area contributed by atoms with Crippen molar-refractivity contribution in [2.75, 3.05) is 30.0 Å². The van der Waals surface area contributed by atoms with Crippen LogP contribution in [-0.2, 0) is 19.4 Å². The Morgan fingerprint density at radius 2 is 1.73 bits per heavy atom. The molecule has 2 amide bonds. The molecular formula is C23H24N2O7S. The summed E-state index contributed by atoms with van der Waals surface area (Å²) in [5.74, 6) is -2.09. The van der Waals surface area contributed by atoms with Crippen molar-refractivity contribution >= 4 is 33.1 Å². The summed E-state index contributed by atoms with van der Waals surface area (Å²) in [4.78, 5) is 38.8. The van der Waals surface area contributed by atoms with E-state index in [1.165, 1.54) is 0 Å². The fraction of sp³-hybridized carbons (Fsp3) is 0.348. The van der Waals surface area contributed by atoms with Gasteiger partial charge in [-0.2, -0.15) is 0 Å². The van der Waals surface area contributed by atoms with Crippen LogP contribution in [0.2, 0.25) is 0 Å². The third kappa shape index (κ3) is 5.70. The van der Waals surface area contributed by atoms with Crippen molar-refractivity contribution < 1.29 is 32.3 Å². The van der Waals surface area contributed by atoms with Crippen LogP contribution in [0.15, 0.2) is 48.5 Å². The summed E-state index contributed by atoms with van der Waals surface area (Å²) in [5, 5.41) is 5.33. The van der Waals surface area contributed by atoms with Crippen molar-refractivity contribution in [3.8, 4) is 11.5 Å². The Morgan fingerprint density at radius 1 is 1.00 bits per heavy atom.